The second kappa shape index (κ2) is 11.1. The highest BCUT2D eigenvalue weighted by atomic mass is 32.2. The summed E-state index contributed by atoms with van der Waals surface area (Å²) in [7, 11) is -4.04. The van der Waals surface area contributed by atoms with Crippen molar-refractivity contribution in [2.75, 3.05) is 10.8 Å². The molecule has 38 heavy (non-hydrogen) atoms. The zero-order chi connectivity index (χ0) is 27.3. The normalized spacial score (nSPS) is 11.4. The largest absolute Gasteiger partial charge is 0.455 e. The number of carbonyl (C=O) groups excluding carboxylic acids is 1. The van der Waals surface area contributed by atoms with E-state index in [4.69, 9.17) is 4.42 Å². The average Bonchev–Trinajstić information content (AvgIpc) is 3.38. The van der Waals surface area contributed by atoms with Crippen LogP contribution in [0.25, 0.3) is 11.3 Å². The van der Waals surface area contributed by atoms with Crippen LogP contribution < -0.4 is 9.73 Å². The number of nitro benzene ring substituents is 1. The summed E-state index contributed by atoms with van der Waals surface area (Å²) in [5.74, 6) is 0.133. The number of hydrogen-bond donors (Lipinski definition) is 1. The van der Waals surface area contributed by atoms with Gasteiger partial charge in [0.15, 0.2) is 0 Å². The summed E-state index contributed by atoms with van der Waals surface area (Å²) < 4.78 is 33.7. The Kier molecular flexibility index (Phi) is 7.68. The monoisotopic (exact) mass is 532 g/mol. The van der Waals surface area contributed by atoms with Crippen LogP contribution in [0.3, 0.4) is 0 Å². The van der Waals surface area contributed by atoms with Crippen LogP contribution in [0.15, 0.2) is 99.3 Å². The minimum atomic E-state index is -4.04. The van der Waals surface area contributed by atoms with Gasteiger partial charge in [0.2, 0.25) is 0 Å². The molecular weight excluding hydrogens is 508 g/mol. The fraction of sp³-hybridized carbons (Fsp3) is 0.111. The molecule has 0 aliphatic heterocycles. The first-order chi connectivity index (χ1) is 18.2. The van der Waals surface area contributed by atoms with E-state index in [1.807, 2.05) is 13.0 Å². The number of nitro groups is 1. The van der Waals surface area contributed by atoms with Crippen molar-refractivity contribution in [3.8, 4) is 11.3 Å². The molecule has 194 valence electrons. The lowest BCUT2D eigenvalue weighted by atomic mass is 10.1. The van der Waals surface area contributed by atoms with Gasteiger partial charge in [0, 0.05) is 17.7 Å². The Morgan fingerprint density at radius 2 is 1.71 bits per heavy atom. The number of sulfonamides is 1. The van der Waals surface area contributed by atoms with E-state index in [9.17, 15) is 23.3 Å². The summed E-state index contributed by atoms with van der Waals surface area (Å²) in [4.78, 5) is 23.2. The predicted octanol–water partition coefficient (Wildman–Crippen LogP) is 4.82. The third-order valence-electron chi connectivity index (χ3n) is 5.83. The number of non-ortho nitro benzene ring substituents is 1. The average molecular weight is 533 g/mol. The molecule has 1 amide bonds. The Labute approximate surface area is 219 Å². The lowest BCUT2D eigenvalue weighted by molar-refractivity contribution is -0.384. The molecule has 0 atom stereocenters. The molecule has 0 aliphatic carbocycles. The number of hydrazone groups is 1. The van der Waals surface area contributed by atoms with E-state index in [0.717, 1.165) is 15.4 Å². The molecule has 0 unspecified atom stereocenters. The molecular formula is C27H24N4O6S. The number of aryl methyl sites for hydroxylation is 1. The first-order valence-corrected chi connectivity index (χ1v) is 12.9. The molecule has 0 saturated carbocycles. The van der Waals surface area contributed by atoms with Gasteiger partial charge < -0.3 is 4.42 Å². The minimum absolute atomic E-state index is 0.0333. The highest BCUT2D eigenvalue weighted by Gasteiger charge is 2.28. The first-order valence-electron chi connectivity index (χ1n) is 11.5. The maximum atomic E-state index is 13.5. The fourth-order valence-electron chi connectivity index (χ4n) is 3.68. The Balaban J connectivity index is 1.50. The fourth-order valence-corrected chi connectivity index (χ4v) is 5.18. The molecule has 0 saturated heterocycles. The number of furan rings is 1. The highest BCUT2D eigenvalue weighted by molar-refractivity contribution is 7.92. The third kappa shape index (κ3) is 5.79. The SMILES string of the molecule is Cc1cccc(N(CC(=O)N/N=C/c2ccc(-c3ccc([N+](=O)[O-])cc3)o2)S(=O)(=O)c2ccccc2)c1C. The molecule has 0 bridgehead atoms. The standard InChI is InChI=1S/C27H24N4O6S/c1-19-7-6-10-25(20(19)2)30(38(35,36)24-8-4-3-5-9-24)18-27(32)29-28-17-23-15-16-26(37-23)21-11-13-22(14-12-21)31(33)34/h3-17H,18H2,1-2H3,(H,29,32)/b28-17+. The van der Waals surface area contributed by atoms with E-state index in [-0.39, 0.29) is 10.6 Å². The number of anilines is 1. The number of nitrogens with zero attached hydrogens (tertiary/aromatic N) is 3. The quantitative estimate of drug-likeness (QED) is 0.187. The zero-order valence-corrected chi connectivity index (χ0v) is 21.4. The number of nitrogens with one attached hydrogen (secondary N) is 1. The molecule has 0 spiro atoms. The highest BCUT2D eigenvalue weighted by Crippen LogP contribution is 2.28. The van der Waals surface area contributed by atoms with Crippen LogP contribution in [-0.2, 0) is 14.8 Å². The van der Waals surface area contributed by atoms with Crippen molar-refractivity contribution in [1.29, 1.82) is 0 Å². The van der Waals surface area contributed by atoms with E-state index >= 15 is 0 Å². The van der Waals surface area contributed by atoms with E-state index in [1.165, 1.54) is 30.5 Å². The second-order valence-electron chi connectivity index (χ2n) is 8.34. The Hall–Kier alpha value is -4.77. The van der Waals surface area contributed by atoms with Crippen LogP contribution in [-0.4, -0.2) is 32.0 Å². The van der Waals surface area contributed by atoms with Crippen LogP contribution in [0.2, 0.25) is 0 Å². The van der Waals surface area contributed by atoms with Crippen molar-refractivity contribution in [2.24, 2.45) is 5.10 Å². The van der Waals surface area contributed by atoms with Crippen LogP contribution in [0.4, 0.5) is 11.4 Å². The maximum absolute atomic E-state index is 13.5. The summed E-state index contributed by atoms with van der Waals surface area (Å²) in [6, 6.07) is 22.3. The number of amides is 1. The topological polar surface area (TPSA) is 135 Å². The summed E-state index contributed by atoms with van der Waals surface area (Å²) in [5, 5.41) is 14.7. The van der Waals surface area contributed by atoms with Crippen molar-refractivity contribution in [3.05, 3.63) is 112 Å². The molecule has 0 fully saturated rings. The molecule has 3 aromatic carbocycles. The summed E-state index contributed by atoms with van der Waals surface area (Å²) in [6.07, 6.45) is 1.28. The number of carbonyl (C=O) groups is 1. The summed E-state index contributed by atoms with van der Waals surface area (Å²) in [5.41, 5.74) is 4.96. The van der Waals surface area contributed by atoms with Crippen molar-refractivity contribution < 1.29 is 22.6 Å². The molecule has 0 aliphatic rings. The van der Waals surface area contributed by atoms with Gasteiger partial charge in [-0.2, -0.15) is 5.10 Å². The second-order valence-corrected chi connectivity index (χ2v) is 10.2. The Bertz CT molecular complexity index is 1600. The smallest absolute Gasteiger partial charge is 0.269 e. The lowest BCUT2D eigenvalue weighted by Crippen LogP contribution is -2.40. The minimum Gasteiger partial charge on any atom is -0.455 e. The molecule has 1 N–H and O–H groups in total. The van der Waals surface area contributed by atoms with E-state index < -0.39 is 27.4 Å². The van der Waals surface area contributed by atoms with Crippen LogP contribution in [0.1, 0.15) is 16.9 Å². The number of hydrogen-bond acceptors (Lipinski definition) is 7. The van der Waals surface area contributed by atoms with E-state index in [0.29, 0.717) is 22.8 Å². The van der Waals surface area contributed by atoms with Gasteiger partial charge in [-0.25, -0.2) is 13.8 Å². The molecule has 10 nitrogen and oxygen atoms in total. The van der Waals surface area contributed by atoms with E-state index in [2.05, 4.69) is 10.5 Å². The predicted molar refractivity (Wildman–Crippen MR) is 143 cm³/mol. The van der Waals surface area contributed by atoms with E-state index in [1.54, 1.807) is 61.5 Å². The van der Waals surface area contributed by atoms with Gasteiger partial charge in [0.25, 0.3) is 21.6 Å². The van der Waals surface area contributed by atoms with Gasteiger partial charge >= 0.3 is 0 Å². The summed E-state index contributed by atoms with van der Waals surface area (Å²) >= 11 is 0. The van der Waals surface area contributed by atoms with Crippen molar-refractivity contribution in [3.63, 3.8) is 0 Å². The first kappa shape index (κ1) is 26.3. The Morgan fingerprint density at radius 3 is 2.39 bits per heavy atom. The van der Waals surface area contributed by atoms with Gasteiger partial charge in [0.05, 0.1) is 21.7 Å². The van der Waals surface area contributed by atoms with Crippen molar-refractivity contribution >= 4 is 33.5 Å². The number of rotatable bonds is 9. The van der Waals surface area contributed by atoms with Crippen LogP contribution in [0.5, 0.6) is 0 Å². The lowest BCUT2D eigenvalue weighted by Gasteiger charge is -2.25. The third-order valence-corrected chi connectivity index (χ3v) is 7.61. The molecule has 0 radical (unpaired) electrons. The zero-order valence-electron chi connectivity index (χ0n) is 20.6. The molecule has 4 aromatic rings. The van der Waals surface area contributed by atoms with Crippen molar-refractivity contribution in [2.45, 2.75) is 18.7 Å². The van der Waals surface area contributed by atoms with Gasteiger partial charge in [-0.15, -0.1) is 0 Å². The molecule has 11 heteroatoms. The van der Waals surface area contributed by atoms with Crippen LogP contribution >= 0.6 is 0 Å². The maximum Gasteiger partial charge on any atom is 0.269 e. The molecule has 1 heterocycles. The Morgan fingerprint density at radius 1 is 1.00 bits per heavy atom. The van der Waals surface area contributed by atoms with Gasteiger partial charge in [-0.3, -0.25) is 19.2 Å². The van der Waals surface area contributed by atoms with Crippen LogP contribution in [0, 0.1) is 24.0 Å². The van der Waals surface area contributed by atoms with Gasteiger partial charge in [-0.1, -0.05) is 30.3 Å². The van der Waals surface area contributed by atoms with Gasteiger partial charge in [0.1, 0.15) is 18.1 Å². The van der Waals surface area contributed by atoms with Crippen molar-refractivity contribution in [1.82, 2.24) is 5.43 Å². The summed E-state index contributed by atoms with van der Waals surface area (Å²) in [6.45, 7) is 3.17. The molecule has 4 rings (SSSR count). The number of benzene rings is 3. The molecule has 1 aromatic heterocycles. The van der Waals surface area contributed by atoms with Gasteiger partial charge in [-0.05, 0) is 67.4 Å².